The van der Waals surface area contributed by atoms with Crippen molar-refractivity contribution in [2.75, 3.05) is 0 Å². The van der Waals surface area contributed by atoms with E-state index in [2.05, 4.69) is 11.9 Å². The summed E-state index contributed by atoms with van der Waals surface area (Å²) in [5.74, 6) is 0.953. The van der Waals surface area contributed by atoms with E-state index in [1.54, 1.807) is 6.20 Å². The molecule has 1 heterocycles. The molecular formula is C13H17NO. The minimum Gasteiger partial charge on any atom is -0.294 e. The predicted octanol–water partition coefficient (Wildman–Crippen LogP) is 3.02. The highest BCUT2D eigenvalue weighted by Gasteiger charge is 2.22. The Morgan fingerprint density at radius 1 is 1.53 bits per heavy atom. The molecule has 0 atom stereocenters. The van der Waals surface area contributed by atoms with Gasteiger partial charge in [0.05, 0.1) is 0 Å². The van der Waals surface area contributed by atoms with Crippen LogP contribution >= 0.6 is 0 Å². The van der Waals surface area contributed by atoms with Crippen molar-refractivity contribution in [3.8, 4) is 0 Å². The molecule has 0 spiro atoms. The average molecular weight is 203 g/mol. The molecule has 1 aromatic rings. The number of hydrogen-bond donors (Lipinski definition) is 0. The number of aryl methyl sites for hydroxylation is 1. The number of hydrogen-bond acceptors (Lipinski definition) is 2. The molecule has 0 bridgehead atoms. The Hall–Kier alpha value is -1.18. The highest BCUT2D eigenvalue weighted by Crippen LogP contribution is 2.30. The van der Waals surface area contributed by atoms with Gasteiger partial charge in [0.25, 0.3) is 0 Å². The van der Waals surface area contributed by atoms with Crippen LogP contribution in [0.2, 0.25) is 0 Å². The number of carbonyl (C=O) groups is 1. The summed E-state index contributed by atoms with van der Waals surface area (Å²) in [6.45, 7) is 2.07. The molecule has 1 saturated carbocycles. The van der Waals surface area contributed by atoms with Crippen LogP contribution < -0.4 is 0 Å². The largest absolute Gasteiger partial charge is 0.294 e. The van der Waals surface area contributed by atoms with E-state index in [0.717, 1.165) is 24.0 Å². The first kappa shape index (κ1) is 10.3. The Kier molecular flexibility index (Phi) is 3.14. The number of Topliss-reactive ketones (excluding diaryl/α,β-unsaturated/α-hetero) is 1. The maximum Gasteiger partial charge on any atom is 0.163 e. The summed E-state index contributed by atoms with van der Waals surface area (Å²) >= 11 is 0. The normalized spacial score (nSPS) is 16.1. The van der Waals surface area contributed by atoms with E-state index in [1.807, 2.05) is 12.3 Å². The van der Waals surface area contributed by atoms with Gasteiger partial charge in [0.1, 0.15) is 0 Å². The number of aromatic nitrogens is 1. The first-order valence-electron chi connectivity index (χ1n) is 5.77. The van der Waals surface area contributed by atoms with E-state index in [1.165, 1.54) is 19.3 Å². The number of nitrogens with zero attached hydrogens (tertiary/aromatic N) is 1. The summed E-state index contributed by atoms with van der Waals surface area (Å²) in [5, 5.41) is 0. The third-order valence-electron chi connectivity index (χ3n) is 3.28. The predicted molar refractivity (Wildman–Crippen MR) is 59.9 cm³/mol. The second-order valence-electron chi connectivity index (χ2n) is 4.31. The molecule has 80 valence electrons. The van der Waals surface area contributed by atoms with Crippen LogP contribution in [0.1, 0.15) is 48.5 Å². The standard InChI is InChI=1S/C13H17NO/c1-2-11-9-14-7-6-12(11)13(15)8-10-4-3-5-10/h6-7,9-10H,2-5,8H2,1H3. The molecule has 0 saturated heterocycles. The fraction of sp³-hybridized carbons (Fsp3) is 0.538. The van der Waals surface area contributed by atoms with Gasteiger partial charge < -0.3 is 0 Å². The monoisotopic (exact) mass is 203 g/mol. The van der Waals surface area contributed by atoms with Crippen molar-refractivity contribution in [3.63, 3.8) is 0 Å². The van der Waals surface area contributed by atoms with Gasteiger partial charge in [-0.1, -0.05) is 26.2 Å². The minimum absolute atomic E-state index is 0.305. The SMILES string of the molecule is CCc1cnccc1C(=O)CC1CCC1. The minimum atomic E-state index is 0.305. The second kappa shape index (κ2) is 4.56. The molecular weight excluding hydrogens is 186 g/mol. The van der Waals surface area contributed by atoms with Crippen molar-refractivity contribution in [2.45, 2.75) is 39.0 Å². The molecule has 0 radical (unpaired) electrons. The van der Waals surface area contributed by atoms with Crippen molar-refractivity contribution in [3.05, 3.63) is 29.6 Å². The summed E-state index contributed by atoms with van der Waals surface area (Å²) in [4.78, 5) is 16.1. The van der Waals surface area contributed by atoms with Crippen LogP contribution in [0.5, 0.6) is 0 Å². The average Bonchev–Trinajstić information content (AvgIpc) is 2.23. The maximum atomic E-state index is 12.0. The lowest BCUT2D eigenvalue weighted by Crippen LogP contribution is -2.16. The van der Waals surface area contributed by atoms with Gasteiger partial charge in [0.2, 0.25) is 0 Å². The summed E-state index contributed by atoms with van der Waals surface area (Å²) in [7, 11) is 0. The van der Waals surface area contributed by atoms with Crippen LogP contribution in [-0.2, 0) is 6.42 Å². The highest BCUT2D eigenvalue weighted by molar-refractivity contribution is 5.97. The highest BCUT2D eigenvalue weighted by atomic mass is 16.1. The van der Waals surface area contributed by atoms with Crippen molar-refractivity contribution in [2.24, 2.45) is 5.92 Å². The topological polar surface area (TPSA) is 30.0 Å². The summed E-state index contributed by atoms with van der Waals surface area (Å²) in [6.07, 6.45) is 8.92. The molecule has 2 rings (SSSR count). The molecule has 1 aliphatic carbocycles. The van der Waals surface area contributed by atoms with Gasteiger partial charge in [-0.25, -0.2) is 0 Å². The zero-order valence-corrected chi connectivity index (χ0v) is 9.20. The van der Waals surface area contributed by atoms with Crippen LogP contribution in [0.25, 0.3) is 0 Å². The zero-order valence-electron chi connectivity index (χ0n) is 9.20. The fourth-order valence-electron chi connectivity index (χ4n) is 2.05. The van der Waals surface area contributed by atoms with E-state index in [0.29, 0.717) is 11.7 Å². The molecule has 1 aliphatic rings. The number of ketones is 1. The molecule has 0 amide bonds. The van der Waals surface area contributed by atoms with Gasteiger partial charge in [0.15, 0.2) is 5.78 Å². The quantitative estimate of drug-likeness (QED) is 0.704. The smallest absolute Gasteiger partial charge is 0.163 e. The van der Waals surface area contributed by atoms with Gasteiger partial charge in [-0.2, -0.15) is 0 Å². The van der Waals surface area contributed by atoms with Crippen LogP contribution in [0.15, 0.2) is 18.5 Å². The maximum absolute atomic E-state index is 12.0. The van der Waals surface area contributed by atoms with Crippen molar-refractivity contribution >= 4 is 5.78 Å². The third-order valence-corrected chi connectivity index (χ3v) is 3.28. The van der Waals surface area contributed by atoms with E-state index in [-0.39, 0.29) is 0 Å². The van der Waals surface area contributed by atoms with Gasteiger partial charge in [-0.3, -0.25) is 9.78 Å². The second-order valence-corrected chi connectivity index (χ2v) is 4.31. The molecule has 1 fully saturated rings. The summed E-state index contributed by atoms with van der Waals surface area (Å²) in [5.41, 5.74) is 1.97. The Balaban J connectivity index is 2.09. The number of rotatable bonds is 4. The number of carbonyl (C=O) groups excluding carboxylic acids is 1. The van der Waals surface area contributed by atoms with Crippen molar-refractivity contribution < 1.29 is 4.79 Å². The third kappa shape index (κ3) is 2.25. The van der Waals surface area contributed by atoms with E-state index in [9.17, 15) is 4.79 Å². The summed E-state index contributed by atoms with van der Waals surface area (Å²) < 4.78 is 0. The molecule has 0 aromatic carbocycles. The van der Waals surface area contributed by atoms with Crippen molar-refractivity contribution in [1.82, 2.24) is 4.98 Å². The molecule has 0 unspecified atom stereocenters. The van der Waals surface area contributed by atoms with Crippen molar-refractivity contribution in [1.29, 1.82) is 0 Å². The van der Waals surface area contributed by atoms with Gasteiger partial charge in [-0.05, 0) is 24.0 Å². The van der Waals surface area contributed by atoms with Gasteiger partial charge >= 0.3 is 0 Å². The summed E-state index contributed by atoms with van der Waals surface area (Å²) in [6, 6.07) is 1.86. The van der Waals surface area contributed by atoms with Gasteiger partial charge in [0, 0.05) is 24.4 Å². The van der Waals surface area contributed by atoms with E-state index < -0.39 is 0 Å². The molecule has 2 nitrogen and oxygen atoms in total. The lowest BCUT2D eigenvalue weighted by Gasteiger charge is -2.24. The Bertz CT molecular complexity index is 355. The number of pyridine rings is 1. The van der Waals surface area contributed by atoms with Crippen LogP contribution in [0, 0.1) is 5.92 Å². The first-order valence-corrected chi connectivity index (χ1v) is 5.77. The van der Waals surface area contributed by atoms with Gasteiger partial charge in [-0.15, -0.1) is 0 Å². The lowest BCUT2D eigenvalue weighted by atomic mass is 9.80. The molecule has 0 N–H and O–H groups in total. The first-order chi connectivity index (χ1) is 7.31. The zero-order chi connectivity index (χ0) is 10.7. The van der Waals surface area contributed by atoms with E-state index >= 15 is 0 Å². The molecule has 0 aliphatic heterocycles. The fourth-order valence-corrected chi connectivity index (χ4v) is 2.05. The van der Waals surface area contributed by atoms with Crippen LogP contribution in [0.3, 0.4) is 0 Å². The Morgan fingerprint density at radius 2 is 2.33 bits per heavy atom. The molecule has 1 aromatic heterocycles. The van der Waals surface area contributed by atoms with Crippen LogP contribution in [0.4, 0.5) is 0 Å². The Morgan fingerprint density at radius 3 is 2.93 bits per heavy atom. The van der Waals surface area contributed by atoms with E-state index in [4.69, 9.17) is 0 Å². The Labute approximate surface area is 90.7 Å². The molecule has 2 heteroatoms. The molecule has 15 heavy (non-hydrogen) atoms. The lowest BCUT2D eigenvalue weighted by molar-refractivity contribution is 0.0935. The van der Waals surface area contributed by atoms with Crippen LogP contribution in [-0.4, -0.2) is 10.8 Å².